The van der Waals surface area contributed by atoms with Crippen molar-refractivity contribution in [1.82, 2.24) is 0 Å². The highest BCUT2D eigenvalue weighted by molar-refractivity contribution is 7.94. The van der Waals surface area contributed by atoms with Crippen molar-refractivity contribution in [2.75, 3.05) is 0 Å². The van der Waals surface area contributed by atoms with Crippen LogP contribution in [0.2, 0.25) is 5.02 Å². The fourth-order valence-corrected chi connectivity index (χ4v) is 4.88. The second-order valence-electron chi connectivity index (χ2n) is 5.21. The highest BCUT2D eigenvalue weighted by Gasteiger charge is 2.70. The third-order valence-corrected chi connectivity index (χ3v) is 6.48. The lowest BCUT2D eigenvalue weighted by molar-refractivity contribution is -0.137. The topological polar surface area (TPSA) is 71.4 Å². The average Bonchev–Trinajstić information content (AvgIpc) is 3.06. The maximum absolute atomic E-state index is 12.6. The van der Waals surface area contributed by atoms with Gasteiger partial charge in [-0.3, -0.25) is 4.79 Å². The molecule has 0 aliphatic heterocycles. The molecule has 2 rings (SSSR count). The zero-order valence-electron chi connectivity index (χ0n) is 10.6. The van der Waals surface area contributed by atoms with E-state index >= 15 is 0 Å². The van der Waals surface area contributed by atoms with Crippen LogP contribution in [0.1, 0.15) is 20.3 Å². The average molecular weight is 303 g/mol. The number of sulfone groups is 1. The van der Waals surface area contributed by atoms with E-state index in [0.29, 0.717) is 5.02 Å². The van der Waals surface area contributed by atoms with Crippen molar-refractivity contribution in [1.29, 1.82) is 0 Å². The van der Waals surface area contributed by atoms with Crippen molar-refractivity contribution in [2.45, 2.75) is 29.9 Å². The number of benzene rings is 1. The van der Waals surface area contributed by atoms with Crippen LogP contribution in [-0.2, 0) is 14.6 Å². The summed E-state index contributed by atoms with van der Waals surface area (Å²) in [7, 11) is -3.90. The summed E-state index contributed by atoms with van der Waals surface area (Å²) in [5.41, 5.74) is 0. The molecule has 1 saturated carbocycles. The molecule has 1 N–H and O–H groups in total. The molecule has 0 aromatic heterocycles. The van der Waals surface area contributed by atoms with Gasteiger partial charge in [-0.05, 0) is 42.5 Å². The number of carboxylic acids is 1. The summed E-state index contributed by atoms with van der Waals surface area (Å²) < 4.78 is 23.4. The molecule has 0 radical (unpaired) electrons. The van der Waals surface area contributed by atoms with Crippen molar-refractivity contribution < 1.29 is 18.3 Å². The van der Waals surface area contributed by atoms with Crippen molar-refractivity contribution >= 4 is 27.4 Å². The lowest BCUT2D eigenvalue weighted by Gasteiger charge is -2.15. The largest absolute Gasteiger partial charge is 0.480 e. The standard InChI is InChI=1S/C13H15ClO4S/c1-8(2)11-7-13(11,12(15)16)19(17,18)10-5-3-9(14)4-6-10/h3-6,8,11H,7H2,1-2H3,(H,15,16). The molecule has 0 bridgehead atoms. The SMILES string of the molecule is CC(C)C1CC1(C(=O)O)S(=O)(=O)c1ccc(Cl)cc1. The molecule has 0 saturated heterocycles. The van der Waals surface area contributed by atoms with Gasteiger partial charge in [0.2, 0.25) is 0 Å². The van der Waals surface area contributed by atoms with Gasteiger partial charge in [-0.1, -0.05) is 25.4 Å². The summed E-state index contributed by atoms with van der Waals surface area (Å²) in [6, 6.07) is 5.63. The Bertz CT molecular complexity index is 606. The van der Waals surface area contributed by atoms with Crippen LogP contribution in [0.15, 0.2) is 29.2 Å². The van der Waals surface area contributed by atoms with Crippen molar-refractivity contribution in [2.24, 2.45) is 11.8 Å². The van der Waals surface area contributed by atoms with Gasteiger partial charge in [-0.25, -0.2) is 8.42 Å². The molecule has 1 aromatic rings. The van der Waals surface area contributed by atoms with Crippen LogP contribution in [-0.4, -0.2) is 24.2 Å². The molecule has 1 aliphatic rings. The van der Waals surface area contributed by atoms with Gasteiger partial charge in [-0.15, -0.1) is 0 Å². The summed E-state index contributed by atoms with van der Waals surface area (Å²) in [5, 5.41) is 9.79. The molecule has 1 aromatic carbocycles. The molecule has 1 aliphatic carbocycles. The first kappa shape index (κ1) is 14.3. The monoisotopic (exact) mass is 302 g/mol. The fraction of sp³-hybridized carbons (Fsp3) is 0.462. The Morgan fingerprint density at radius 1 is 1.37 bits per heavy atom. The number of carbonyl (C=O) groups is 1. The Hall–Kier alpha value is -1.07. The molecular formula is C13H15ClO4S. The van der Waals surface area contributed by atoms with Crippen LogP contribution < -0.4 is 0 Å². The van der Waals surface area contributed by atoms with E-state index in [1.165, 1.54) is 24.3 Å². The van der Waals surface area contributed by atoms with E-state index in [0.717, 1.165) is 0 Å². The molecule has 19 heavy (non-hydrogen) atoms. The van der Waals surface area contributed by atoms with E-state index in [4.69, 9.17) is 11.6 Å². The summed E-state index contributed by atoms with van der Waals surface area (Å²) in [5.74, 6) is -1.59. The molecule has 2 atom stereocenters. The predicted molar refractivity (Wildman–Crippen MR) is 71.9 cm³/mol. The maximum atomic E-state index is 12.6. The van der Waals surface area contributed by atoms with Crippen LogP contribution in [0.4, 0.5) is 0 Å². The van der Waals surface area contributed by atoms with Crippen LogP contribution >= 0.6 is 11.6 Å². The fourth-order valence-electron chi connectivity index (χ4n) is 2.54. The Labute approximate surface area is 117 Å². The van der Waals surface area contributed by atoms with E-state index in [1.54, 1.807) is 0 Å². The van der Waals surface area contributed by atoms with E-state index < -0.39 is 20.6 Å². The van der Waals surface area contributed by atoms with E-state index in [-0.39, 0.29) is 23.2 Å². The van der Waals surface area contributed by atoms with Gasteiger partial charge in [-0.2, -0.15) is 0 Å². The predicted octanol–water partition coefficient (Wildman–Crippen LogP) is 2.61. The van der Waals surface area contributed by atoms with E-state index in [9.17, 15) is 18.3 Å². The van der Waals surface area contributed by atoms with Crippen LogP contribution in [0.3, 0.4) is 0 Å². The Kier molecular flexibility index (Phi) is 3.39. The molecule has 1 fully saturated rings. The first-order valence-electron chi connectivity index (χ1n) is 5.97. The number of carboxylic acid groups (broad SMARTS) is 1. The Balaban J connectivity index is 2.49. The van der Waals surface area contributed by atoms with Gasteiger partial charge >= 0.3 is 5.97 Å². The molecule has 6 heteroatoms. The van der Waals surface area contributed by atoms with Crippen molar-refractivity contribution in [3.63, 3.8) is 0 Å². The minimum Gasteiger partial charge on any atom is -0.480 e. The highest BCUT2D eigenvalue weighted by atomic mass is 35.5. The number of aliphatic carboxylic acids is 1. The summed E-state index contributed by atoms with van der Waals surface area (Å²) in [6.07, 6.45) is 0.172. The summed E-state index contributed by atoms with van der Waals surface area (Å²) >= 11 is 5.72. The second-order valence-corrected chi connectivity index (χ2v) is 7.85. The van der Waals surface area contributed by atoms with E-state index in [1.807, 2.05) is 13.8 Å². The number of hydrogen-bond acceptors (Lipinski definition) is 3. The third kappa shape index (κ3) is 2.05. The van der Waals surface area contributed by atoms with Gasteiger partial charge in [0, 0.05) is 5.02 Å². The number of rotatable bonds is 4. The van der Waals surface area contributed by atoms with Crippen LogP contribution in [0.5, 0.6) is 0 Å². The van der Waals surface area contributed by atoms with Crippen molar-refractivity contribution in [3.05, 3.63) is 29.3 Å². The van der Waals surface area contributed by atoms with Gasteiger partial charge in [0.1, 0.15) is 0 Å². The van der Waals surface area contributed by atoms with Crippen LogP contribution in [0.25, 0.3) is 0 Å². The highest BCUT2D eigenvalue weighted by Crippen LogP contribution is 2.56. The number of halogens is 1. The van der Waals surface area contributed by atoms with Gasteiger partial charge in [0.05, 0.1) is 4.90 Å². The molecule has 2 unspecified atom stereocenters. The molecule has 0 heterocycles. The molecule has 0 spiro atoms. The summed E-state index contributed by atoms with van der Waals surface area (Å²) in [4.78, 5) is 11.5. The molecule has 4 nitrogen and oxygen atoms in total. The normalized spacial score (nSPS) is 26.4. The zero-order chi connectivity index (χ0) is 14.4. The Morgan fingerprint density at radius 3 is 2.26 bits per heavy atom. The lowest BCUT2D eigenvalue weighted by atomic mass is 10.1. The Morgan fingerprint density at radius 2 is 1.89 bits per heavy atom. The minimum atomic E-state index is -3.90. The van der Waals surface area contributed by atoms with Gasteiger partial charge in [0.25, 0.3) is 0 Å². The first-order valence-corrected chi connectivity index (χ1v) is 7.83. The van der Waals surface area contributed by atoms with Crippen molar-refractivity contribution in [3.8, 4) is 0 Å². The first-order chi connectivity index (χ1) is 8.73. The lowest BCUT2D eigenvalue weighted by Crippen LogP contribution is -2.35. The molecular weight excluding hydrogens is 288 g/mol. The van der Waals surface area contributed by atoms with Gasteiger partial charge in [0.15, 0.2) is 14.6 Å². The molecule has 0 amide bonds. The summed E-state index contributed by atoms with van der Waals surface area (Å²) in [6.45, 7) is 3.68. The second kappa shape index (κ2) is 4.49. The van der Waals surface area contributed by atoms with Crippen LogP contribution in [0, 0.1) is 11.8 Å². The maximum Gasteiger partial charge on any atom is 0.325 e. The zero-order valence-corrected chi connectivity index (χ0v) is 12.2. The minimum absolute atomic E-state index is 0.0122. The number of hydrogen-bond donors (Lipinski definition) is 1. The quantitative estimate of drug-likeness (QED) is 0.928. The molecule has 104 valence electrons. The smallest absolute Gasteiger partial charge is 0.325 e. The van der Waals surface area contributed by atoms with E-state index in [2.05, 4.69) is 0 Å². The third-order valence-electron chi connectivity index (χ3n) is 3.73. The van der Waals surface area contributed by atoms with Gasteiger partial charge < -0.3 is 5.11 Å².